The van der Waals surface area contributed by atoms with Crippen molar-refractivity contribution in [1.29, 1.82) is 0 Å². The molecule has 1 saturated carbocycles. The molecule has 1 aliphatic heterocycles. The summed E-state index contributed by atoms with van der Waals surface area (Å²) in [4.78, 5) is 0. The molecule has 3 atom stereocenters. The van der Waals surface area contributed by atoms with Crippen molar-refractivity contribution in [3.8, 4) is 0 Å². The van der Waals surface area contributed by atoms with Crippen LogP contribution in [0.2, 0.25) is 0 Å². The number of ether oxygens (including phenoxy) is 1. The van der Waals surface area contributed by atoms with Crippen LogP contribution in [0.15, 0.2) is 0 Å². The Morgan fingerprint density at radius 1 is 1.50 bits per heavy atom. The zero-order valence-corrected chi connectivity index (χ0v) is 8.03. The van der Waals surface area contributed by atoms with E-state index in [9.17, 15) is 13.2 Å². The highest BCUT2D eigenvalue weighted by Gasteiger charge is 2.64. The Hall–Kier alpha value is -0.290. The van der Waals surface area contributed by atoms with Gasteiger partial charge in [-0.25, -0.2) is 0 Å². The maximum Gasteiger partial charge on any atom is 0.392 e. The summed E-state index contributed by atoms with van der Waals surface area (Å²) < 4.78 is 42.4. The molecular formula is C9H14F3NO. The maximum absolute atomic E-state index is 12.5. The summed E-state index contributed by atoms with van der Waals surface area (Å²) in [6.07, 6.45) is -3.81. The van der Waals surface area contributed by atoms with Crippen molar-refractivity contribution >= 4 is 0 Å². The third-order valence-corrected chi connectivity index (χ3v) is 3.59. The molecule has 0 aromatic heterocycles. The number of halogens is 3. The van der Waals surface area contributed by atoms with Gasteiger partial charge >= 0.3 is 6.18 Å². The summed E-state index contributed by atoms with van der Waals surface area (Å²) in [6.45, 7) is 1.59. The van der Waals surface area contributed by atoms with E-state index in [-0.39, 0.29) is 17.8 Å². The van der Waals surface area contributed by atoms with Gasteiger partial charge in [-0.05, 0) is 18.9 Å². The van der Waals surface area contributed by atoms with Crippen LogP contribution in [0.25, 0.3) is 0 Å². The van der Waals surface area contributed by atoms with Crippen LogP contribution in [0.3, 0.4) is 0 Å². The summed E-state index contributed by atoms with van der Waals surface area (Å²) >= 11 is 0. The molecule has 2 aliphatic rings. The van der Waals surface area contributed by atoms with Gasteiger partial charge in [-0.1, -0.05) is 0 Å². The van der Waals surface area contributed by atoms with E-state index >= 15 is 0 Å². The van der Waals surface area contributed by atoms with Gasteiger partial charge in [0.15, 0.2) is 0 Å². The first-order valence-corrected chi connectivity index (χ1v) is 4.76. The Labute approximate surface area is 80.8 Å². The number of alkyl halides is 3. The third-order valence-electron chi connectivity index (χ3n) is 3.59. The number of hydrogen-bond donors (Lipinski definition) is 1. The smallest absolute Gasteiger partial charge is 0.384 e. The van der Waals surface area contributed by atoms with E-state index in [1.54, 1.807) is 7.11 Å². The lowest BCUT2D eigenvalue weighted by atomic mass is 9.55. The van der Waals surface area contributed by atoms with E-state index in [1.807, 2.05) is 0 Å². The van der Waals surface area contributed by atoms with Crippen LogP contribution in [0.1, 0.15) is 6.42 Å². The Morgan fingerprint density at radius 2 is 2.21 bits per heavy atom. The number of fused-ring (bicyclic) bond motifs is 1. The van der Waals surface area contributed by atoms with Crippen molar-refractivity contribution < 1.29 is 17.9 Å². The molecule has 0 radical (unpaired) electrons. The van der Waals surface area contributed by atoms with Crippen molar-refractivity contribution in [2.75, 3.05) is 26.8 Å². The van der Waals surface area contributed by atoms with Gasteiger partial charge in [-0.3, -0.25) is 0 Å². The topological polar surface area (TPSA) is 21.3 Å². The molecule has 0 amide bonds. The first kappa shape index (κ1) is 10.2. The largest absolute Gasteiger partial charge is 0.392 e. The zero-order valence-electron chi connectivity index (χ0n) is 8.03. The molecule has 0 aromatic rings. The quantitative estimate of drug-likeness (QED) is 0.742. The summed E-state index contributed by atoms with van der Waals surface area (Å²) in [5, 5.41) is 3.03. The lowest BCUT2D eigenvalue weighted by Crippen LogP contribution is -2.55. The van der Waals surface area contributed by atoms with E-state index in [4.69, 9.17) is 4.74 Å². The molecule has 1 heterocycles. The van der Waals surface area contributed by atoms with E-state index in [0.717, 1.165) is 0 Å². The zero-order chi connectivity index (χ0) is 10.4. The monoisotopic (exact) mass is 209 g/mol. The molecule has 0 aromatic carbocycles. The molecule has 1 N–H and O–H groups in total. The lowest BCUT2D eigenvalue weighted by molar-refractivity contribution is -0.247. The molecule has 82 valence electrons. The summed E-state index contributed by atoms with van der Waals surface area (Å²) in [5.74, 6) is -1.39. The maximum atomic E-state index is 12.5. The van der Waals surface area contributed by atoms with Crippen LogP contribution < -0.4 is 5.32 Å². The van der Waals surface area contributed by atoms with Crippen LogP contribution >= 0.6 is 0 Å². The molecule has 5 heteroatoms. The first-order chi connectivity index (χ1) is 6.49. The molecule has 2 fully saturated rings. The van der Waals surface area contributed by atoms with E-state index < -0.39 is 12.1 Å². The minimum Gasteiger partial charge on any atom is -0.384 e. The van der Waals surface area contributed by atoms with Crippen molar-refractivity contribution in [3.05, 3.63) is 0 Å². The van der Waals surface area contributed by atoms with Crippen LogP contribution in [-0.2, 0) is 4.74 Å². The molecule has 2 rings (SSSR count). The highest BCUT2D eigenvalue weighted by molar-refractivity contribution is 5.09. The summed E-state index contributed by atoms with van der Waals surface area (Å²) in [5.41, 5.74) is -0.241. The van der Waals surface area contributed by atoms with Crippen LogP contribution in [0.5, 0.6) is 0 Å². The second kappa shape index (κ2) is 3.10. The molecule has 0 unspecified atom stereocenters. The molecular weight excluding hydrogens is 195 g/mol. The average Bonchev–Trinajstić information content (AvgIpc) is 2.30. The second-order valence-electron chi connectivity index (χ2n) is 4.39. The number of rotatable bonds is 2. The van der Waals surface area contributed by atoms with Gasteiger partial charge in [-0.2, -0.15) is 13.2 Å². The molecule has 0 bridgehead atoms. The Kier molecular flexibility index (Phi) is 2.27. The molecule has 14 heavy (non-hydrogen) atoms. The molecule has 2 nitrogen and oxygen atoms in total. The molecule has 0 spiro atoms. The highest BCUT2D eigenvalue weighted by Crippen LogP contribution is 2.58. The fourth-order valence-corrected chi connectivity index (χ4v) is 2.88. The van der Waals surface area contributed by atoms with Gasteiger partial charge in [0.1, 0.15) is 0 Å². The van der Waals surface area contributed by atoms with Gasteiger partial charge in [0.05, 0.1) is 12.5 Å². The van der Waals surface area contributed by atoms with Crippen molar-refractivity contribution in [2.45, 2.75) is 12.6 Å². The Balaban J connectivity index is 2.06. The van der Waals surface area contributed by atoms with Crippen molar-refractivity contribution in [1.82, 2.24) is 5.32 Å². The predicted octanol–water partition coefficient (Wildman–Crippen LogP) is 1.42. The summed E-state index contributed by atoms with van der Waals surface area (Å²) in [6, 6.07) is 0. The highest BCUT2D eigenvalue weighted by atomic mass is 19.4. The lowest BCUT2D eigenvalue weighted by Gasteiger charge is -2.50. The second-order valence-corrected chi connectivity index (χ2v) is 4.39. The van der Waals surface area contributed by atoms with Crippen molar-refractivity contribution in [3.63, 3.8) is 0 Å². The Morgan fingerprint density at radius 3 is 2.79 bits per heavy atom. The van der Waals surface area contributed by atoms with E-state index in [2.05, 4.69) is 5.32 Å². The third kappa shape index (κ3) is 1.34. The van der Waals surface area contributed by atoms with Crippen LogP contribution in [0, 0.1) is 17.3 Å². The first-order valence-electron chi connectivity index (χ1n) is 4.76. The van der Waals surface area contributed by atoms with Gasteiger partial charge in [0.25, 0.3) is 0 Å². The van der Waals surface area contributed by atoms with Crippen LogP contribution in [0.4, 0.5) is 13.2 Å². The van der Waals surface area contributed by atoms with Crippen LogP contribution in [-0.4, -0.2) is 33.0 Å². The number of methoxy groups -OCH3 is 1. The fourth-order valence-electron chi connectivity index (χ4n) is 2.88. The SMILES string of the molecule is COC[C@]12CNC[C@H]1[C@H](C(F)(F)F)C2. The molecule has 1 saturated heterocycles. The summed E-state index contributed by atoms with van der Waals surface area (Å²) in [7, 11) is 1.55. The van der Waals surface area contributed by atoms with Gasteiger partial charge in [0.2, 0.25) is 0 Å². The molecule has 1 aliphatic carbocycles. The van der Waals surface area contributed by atoms with E-state index in [1.165, 1.54) is 0 Å². The minimum absolute atomic E-state index is 0.224. The van der Waals surface area contributed by atoms with Gasteiger partial charge in [0, 0.05) is 19.1 Å². The van der Waals surface area contributed by atoms with E-state index in [0.29, 0.717) is 19.7 Å². The minimum atomic E-state index is -4.03. The standard InChI is InChI=1S/C9H14F3NO/c1-14-5-8-2-6(9(10,11)12)7(8)3-13-4-8/h6-7,13H,2-5H2,1H3/t6-,7+,8+/m1/s1. The number of nitrogens with one attached hydrogen (secondary N) is 1. The van der Waals surface area contributed by atoms with Gasteiger partial charge < -0.3 is 10.1 Å². The fraction of sp³-hybridized carbons (Fsp3) is 1.00. The normalized spacial score (nSPS) is 42.0. The Bertz CT molecular complexity index is 231. The van der Waals surface area contributed by atoms with Gasteiger partial charge in [-0.15, -0.1) is 0 Å². The average molecular weight is 209 g/mol. The predicted molar refractivity (Wildman–Crippen MR) is 44.8 cm³/mol. The van der Waals surface area contributed by atoms with Crippen molar-refractivity contribution in [2.24, 2.45) is 17.3 Å². The number of hydrogen-bond acceptors (Lipinski definition) is 2.